The lowest BCUT2D eigenvalue weighted by Gasteiger charge is -2.10. The highest BCUT2D eigenvalue weighted by Gasteiger charge is 2.09. The maximum atomic E-state index is 12.3. The fourth-order valence-corrected chi connectivity index (χ4v) is 2.38. The lowest BCUT2D eigenvalue weighted by molar-refractivity contribution is -0.116. The van der Waals surface area contributed by atoms with Crippen LogP contribution in [0.1, 0.15) is 42.1 Å². The van der Waals surface area contributed by atoms with Gasteiger partial charge in [-0.1, -0.05) is 31.0 Å². The van der Waals surface area contributed by atoms with Crippen molar-refractivity contribution in [3.63, 3.8) is 0 Å². The fraction of sp³-hybridized carbons (Fsp3) is 0.263. The summed E-state index contributed by atoms with van der Waals surface area (Å²) in [5, 5.41) is 6.28. The van der Waals surface area contributed by atoms with Crippen LogP contribution in [0.4, 0.5) is 11.4 Å². The second-order valence-electron chi connectivity index (χ2n) is 5.60. The Kier molecular flexibility index (Phi) is 6.38. The summed E-state index contributed by atoms with van der Waals surface area (Å²) in [5.41, 5.74) is 2.71. The van der Waals surface area contributed by atoms with Crippen molar-refractivity contribution in [3.8, 4) is 0 Å². The molecule has 0 heterocycles. The minimum atomic E-state index is -0.218. The third kappa shape index (κ3) is 4.83. The van der Waals surface area contributed by atoms with Gasteiger partial charge in [0.2, 0.25) is 5.91 Å². The molecule has 0 atom stereocenters. The highest BCUT2D eigenvalue weighted by Crippen LogP contribution is 2.23. The van der Waals surface area contributed by atoms with E-state index in [2.05, 4.69) is 10.6 Å². The predicted molar refractivity (Wildman–Crippen MR) is 98.7 cm³/mol. The molecule has 0 unspecified atom stereocenters. The van der Waals surface area contributed by atoms with Crippen LogP contribution in [0.3, 0.4) is 0 Å². The van der Waals surface area contributed by atoms with Gasteiger partial charge >= 0.3 is 0 Å². The number of halogens is 1. The predicted octanol–water partition coefficient (Wildman–Crippen LogP) is 5.03. The number of hydrogen-bond acceptors (Lipinski definition) is 2. The molecule has 0 saturated heterocycles. The van der Waals surface area contributed by atoms with Crippen LogP contribution in [0.2, 0.25) is 5.02 Å². The number of carbonyl (C=O) groups excluding carboxylic acids is 2. The first-order chi connectivity index (χ1) is 11.5. The molecule has 0 aliphatic heterocycles. The van der Waals surface area contributed by atoms with Gasteiger partial charge in [-0.25, -0.2) is 0 Å². The Bertz CT molecular complexity index is 727. The molecule has 0 radical (unpaired) electrons. The van der Waals surface area contributed by atoms with E-state index in [4.69, 9.17) is 11.6 Å². The number of rotatable bonds is 6. The summed E-state index contributed by atoms with van der Waals surface area (Å²) in [5.74, 6) is -0.229. The van der Waals surface area contributed by atoms with Crippen molar-refractivity contribution in [3.05, 3.63) is 58.6 Å². The molecule has 2 rings (SSSR count). The van der Waals surface area contributed by atoms with Gasteiger partial charge in [0.05, 0.1) is 0 Å². The van der Waals surface area contributed by atoms with E-state index < -0.39 is 0 Å². The van der Waals surface area contributed by atoms with Gasteiger partial charge in [0.1, 0.15) is 0 Å². The second kappa shape index (κ2) is 8.50. The summed E-state index contributed by atoms with van der Waals surface area (Å²) in [4.78, 5) is 24.0. The van der Waals surface area contributed by atoms with Crippen molar-refractivity contribution in [1.29, 1.82) is 0 Å². The highest BCUT2D eigenvalue weighted by atomic mass is 35.5. The van der Waals surface area contributed by atoms with Crippen LogP contribution in [-0.2, 0) is 4.79 Å². The van der Waals surface area contributed by atoms with Gasteiger partial charge in [-0.05, 0) is 55.3 Å². The van der Waals surface area contributed by atoms with Crippen LogP contribution in [0.15, 0.2) is 42.5 Å². The first-order valence-electron chi connectivity index (χ1n) is 7.97. The molecule has 0 spiro atoms. The summed E-state index contributed by atoms with van der Waals surface area (Å²) in [6, 6.07) is 12.2. The van der Waals surface area contributed by atoms with Crippen LogP contribution in [-0.4, -0.2) is 11.8 Å². The molecule has 24 heavy (non-hydrogen) atoms. The first kappa shape index (κ1) is 18.0. The van der Waals surface area contributed by atoms with E-state index in [0.717, 1.165) is 18.4 Å². The molecule has 2 N–H and O–H groups in total. The van der Waals surface area contributed by atoms with Gasteiger partial charge in [-0.3, -0.25) is 9.59 Å². The zero-order valence-electron chi connectivity index (χ0n) is 13.9. The Morgan fingerprint density at radius 2 is 1.75 bits per heavy atom. The molecule has 2 aromatic carbocycles. The Hall–Kier alpha value is -2.33. The molecular formula is C19H21ClN2O2. The van der Waals surface area contributed by atoms with Gasteiger partial charge in [-0.15, -0.1) is 0 Å². The van der Waals surface area contributed by atoms with Crippen LogP contribution in [0.5, 0.6) is 0 Å². The van der Waals surface area contributed by atoms with Crippen molar-refractivity contribution < 1.29 is 9.59 Å². The van der Waals surface area contributed by atoms with Gasteiger partial charge in [0.25, 0.3) is 5.91 Å². The minimum absolute atomic E-state index is 0.0106. The quantitative estimate of drug-likeness (QED) is 0.772. The molecule has 126 valence electrons. The number of hydrogen-bond donors (Lipinski definition) is 2. The smallest absolute Gasteiger partial charge is 0.255 e. The monoisotopic (exact) mass is 344 g/mol. The highest BCUT2D eigenvalue weighted by molar-refractivity contribution is 6.31. The third-order valence-electron chi connectivity index (χ3n) is 3.70. The minimum Gasteiger partial charge on any atom is -0.326 e. The second-order valence-corrected chi connectivity index (χ2v) is 6.00. The fourth-order valence-electron chi connectivity index (χ4n) is 2.20. The van der Waals surface area contributed by atoms with Crippen LogP contribution in [0, 0.1) is 6.92 Å². The average molecular weight is 345 g/mol. The van der Waals surface area contributed by atoms with Crippen molar-refractivity contribution in [1.82, 2.24) is 0 Å². The van der Waals surface area contributed by atoms with Crippen molar-refractivity contribution in [2.24, 2.45) is 0 Å². The molecule has 0 bridgehead atoms. The molecule has 5 heteroatoms. The molecule has 4 nitrogen and oxygen atoms in total. The number of amides is 2. The van der Waals surface area contributed by atoms with E-state index in [1.807, 2.05) is 13.8 Å². The van der Waals surface area contributed by atoms with Crippen LogP contribution < -0.4 is 10.6 Å². The van der Waals surface area contributed by atoms with Crippen molar-refractivity contribution in [2.75, 3.05) is 10.6 Å². The zero-order chi connectivity index (χ0) is 17.5. The number of unbranched alkanes of at least 4 members (excludes halogenated alkanes) is 1. The molecule has 0 saturated carbocycles. The summed E-state index contributed by atoms with van der Waals surface area (Å²) in [6.07, 6.45) is 2.35. The molecule has 0 aromatic heterocycles. The molecule has 2 amide bonds. The third-order valence-corrected chi connectivity index (χ3v) is 4.11. The van der Waals surface area contributed by atoms with E-state index in [0.29, 0.717) is 28.4 Å². The Morgan fingerprint density at radius 1 is 1.04 bits per heavy atom. The normalized spacial score (nSPS) is 10.3. The Labute approximate surface area is 147 Å². The largest absolute Gasteiger partial charge is 0.326 e. The number of benzene rings is 2. The maximum Gasteiger partial charge on any atom is 0.255 e. The van der Waals surface area contributed by atoms with E-state index in [1.165, 1.54) is 0 Å². The average Bonchev–Trinajstić information content (AvgIpc) is 2.57. The molecule has 0 fully saturated rings. The molecule has 0 aliphatic carbocycles. The van der Waals surface area contributed by atoms with Gasteiger partial charge in [0, 0.05) is 28.4 Å². The Morgan fingerprint density at radius 3 is 2.42 bits per heavy atom. The summed E-state index contributed by atoms with van der Waals surface area (Å²) < 4.78 is 0. The van der Waals surface area contributed by atoms with Crippen LogP contribution >= 0.6 is 11.6 Å². The lowest BCUT2D eigenvalue weighted by atomic mass is 10.1. The van der Waals surface area contributed by atoms with Crippen molar-refractivity contribution in [2.45, 2.75) is 33.1 Å². The molecular weight excluding hydrogens is 324 g/mol. The summed E-state index contributed by atoms with van der Waals surface area (Å²) >= 11 is 6.06. The first-order valence-corrected chi connectivity index (χ1v) is 8.35. The standard InChI is InChI=1S/C19H21ClN2O2/c1-3-4-8-18(23)21-15-11-9-14(10-12-15)19(24)22-17-7-5-6-16(20)13(17)2/h5-7,9-12H,3-4,8H2,1-2H3,(H,21,23)(H,22,24). The van der Waals surface area contributed by atoms with E-state index in [-0.39, 0.29) is 11.8 Å². The lowest BCUT2D eigenvalue weighted by Crippen LogP contribution is -2.14. The maximum absolute atomic E-state index is 12.3. The summed E-state index contributed by atoms with van der Waals surface area (Å²) in [6.45, 7) is 3.90. The van der Waals surface area contributed by atoms with Crippen molar-refractivity contribution >= 4 is 34.8 Å². The zero-order valence-corrected chi connectivity index (χ0v) is 14.6. The van der Waals surface area contributed by atoms with Crippen LogP contribution in [0.25, 0.3) is 0 Å². The van der Waals surface area contributed by atoms with E-state index >= 15 is 0 Å². The summed E-state index contributed by atoms with van der Waals surface area (Å²) in [7, 11) is 0. The van der Waals surface area contributed by atoms with E-state index in [9.17, 15) is 9.59 Å². The number of anilines is 2. The topological polar surface area (TPSA) is 58.2 Å². The van der Waals surface area contributed by atoms with Gasteiger partial charge < -0.3 is 10.6 Å². The number of nitrogens with one attached hydrogen (secondary N) is 2. The molecule has 2 aromatic rings. The van der Waals surface area contributed by atoms with Gasteiger partial charge in [-0.2, -0.15) is 0 Å². The Balaban J connectivity index is 2.01. The molecule has 0 aliphatic rings. The van der Waals surface area contributed by atoms with Gasteiger partial charge in [0.15, 0.2) is 0 Å². The number of carbonyl (C=O) groups is 2. The SMILES string of the molecule is CCCCC(=O)Nc1ccc(C(=O)Nc2cccc(Cl)c2C)cc1. The van der Waals surface area contributed by atoms with E-state index in [1.54, 1.807) is 42.5 Å².